The van der Waals surface area contributed by atoms with Gasteiger partial charge in [0, 0.05) is 0 Å². The maximum atomic E-state index is 13.6. The van der Waals surface area contributed by atoms with E-state index in [2.05, 4.69) is 0 Å². The van der Waals surface area contributed by atoms with Crippen LogP contribution in [-0.2, 0) is 14.3 Å². The molecule has 27 heavy (non-hydrogen) atoms. The van der Waals surface area contributed by atoms with Gasteiger partial charge in [-0.3, -0.25) is 4.79 Å². The van der Waals surface area contributed by atoms with Gasteiger partial charge in [-0.1, -0.05) is 35.9 Å². The molecule has 1 atom stereocenters. The highest BCUT2D eigenvalue weighted by molar-refractivity contribution is 6.01. The molecule has 0 saturated carbocycles. The van der Waals surface area contributed by atoms with E-state index < -0.39 is 35.3 Å². The number of nitrogens with one attached hydrogen (secondary N) is 1. The van der Waals surface area contributed by atoms with Gasteiger partial charge in [-0.2, -0.15) is 5.26 Å². The molecule has 2 aromatic carbocycles. The molecule has 2 aromatic rings. The van der Waals surface area contributed by atoms with Crippen molar-refractivity contribution < 1.29 is 23.1 Å². The lowest BCUT2D eigenvalue weighted by atomic mass is 10.1. The zero-order valence-electron chi connectivity index (χ0n) is 14.6. The standard InChI is InChI=1S/C20H16F2N2O3/c1-12-6-8-14(9-7-12)10-15(11-23)20(26)27-13(2)19(25)24-18-16(21)4-3-5-17(18)22/h3-10,13H,1-2H3,(H,24,25)/b15-10+/t13-/m0/s1. The summed E-state index contributed by atoms with van der Waals surface area (Å²) < 4.78 is 32.1. The molecule has 138 valence electrons. The molecular weight excluding hydrogens is 354 g/mol. The number of halogens is 2. The highest BCUT2D eigenvalue weighted by Gasteiger charge is 2.22. The molecule has 1 amide bonds. The third kappa shape index (κ3) is 5.22. The van der Waals surface area contributed by atoms with Gasteiger partial charge in [-0.05, 0) is 37.6 Å². The lowest BCUT2D eigenvalue weighted by Gasteiger charge is -2.14. The predicted octanol–water partition coefficient (Wildman–Crippen LogP) is 3.75. The molecule has 0 bridgehead atoms. The number of hydrogen-bond donors (Lipinski definition) is 1. The molecule has 0 unspecified atom stereocenters. The van der Waals surface area contributed by atoms with E-state index in [1.165, 1.54) is 13.0 Å². The summed E-state index contributed by atoms with van der Waals surface area (Å²) in [6.45, 7) is 3.12. The van der Waals surface area contributed by atoms with E-state index in [1.807, 2.05) is 24.4 Å². The summed E-state index contributed by atoms with van der Waals surface area (Å²) in [5.74, 6) is -3.87. The van der Waals surface area contributed by atoms with E-state index in [9.17, 15) is 18.4 Å². The second kappa shape index (κ2) is 8.72. The molecule has 0 aromatic heterocycles. The molecule has 0 fully saturated rings. The molecule has 0 heterocycles. The Bertz CT molecular complexity index is 911. The smallest absolute Gasteiger partial charge is 0.349 e. The van der Waals surface area contributed by atoms with E-state index in [0.29, 0.717) is 5.56 Å². The van der Waals surface area contributed by atoms with Gasteiger partial charge in [0.15, 0.2) is 6.10 Å². The zero-order valence-corrected chi connectivity index (χ0v) is 14.6. The minimum absolute atomic E-state index is 0.310. The number of amides is 1. The Kier molecular flexibility index (Phi) is 6.39. The van der Waals surface area contributed by atoms with Crippen LogP contribution in [0.2, 0.25) is 0 Å². The first-order valence-corrected chi connectivity index (χ1v) is 7.96. The zero-order chi connectivity index (χ0) is 20.0. The first-order chi connectivity index (χ1) is 12.8. The van der Waals surface area contributed by atoms with Crippen molar-refractivity contribution in [1.29, 1.82) is 5.26 Å². The average Bonchev–Trinajstić information content (AvgIpc) is 2.64. The van der Waals surface area contributed by atoms with Gasteiger partial charge < -0.3 is 10.1 Å². The molecule has 2 rings (SSSR count). The largest absolute Gasteiger partial charge is 0.448 e. The van der Waals surface area contributed by atoms with E-state index in [-0.39, 0.29) is 5.57 Å². The number of carbonyl (C=O) groups excluding carboxylic acids is 2. The van der Waals surface area contributed by atoms with Crippen LogP contribution in [0.5, 0.6) is 0 Å². The fraction of sp³-hybridized carbons (Fsp3) is 0.150. The monoisotopic (exact) mass is 370 g/mol. The van der Waals surface area contributed by atoms with Crippen molar-refractivity contribution in [2.75, 3.05) is 5.32 Å². The summed E-state index contributed by atoms with van der Waals surface area (Å²) in [7, 11) is 0. The first kappa shape index (κ1) is 19.8. The number of para-hydroxylation sites is 1. The number of anilines is 1. The van der Waals surface area contributed by atoms with E-state index in [4.69, 9.17) is 10.00 Å². The van der Waals surface area contributed by atoms with Gasteiger partial charge in [-0.15, -0.1) is 0 Å². The Balaban J connectivity index is 2.08. The van der Waals surface area contributed by atoms with Crippen molar-refractivity contribution in [2.45, 2.75) is 20.0 Å². The number of rotatable bonds is 5. The van der Waals surface area contributed by atoms with E-state index in [1.54, 1.807) is 18.2 Å². The predicted molar refractivity (Wildman–Crippen MR) is 95.3 cm³/mol. The number of ether oxygens (including phenoxy) is 1. The third-order valence-corrected chi connectivity index (χ3v) is 3.59. The summed E-state index contributed by atoms with van der Waals surface area (Å²) >= 11 is 0. The lowest BCUT2D eigenvalue weighted by molar-refractivity contribution is -0.148. The van der Waals surface area contributed by atoms with Gasteiger partial charge >= 0.3 is 5.97 Å². The summed E-state index contributed by atoms with van der Waals surface area (Å²) in [6.07, 6.45) is -0.0468. The van der Waals surface area contributed by atoms with Gasteiger partial charge in [0.05, 0.1) is 0 Å². The van der Waals surface area contributed by atoms with Crippen molar-refractivity contribution in [3.05, 3.63) is 70.8 Å². The van der Waals surface area contributed by atoms with Crippen LogP contribution in [-0.4, -0.2) is 18.0 Å². The molecule has 0 aliphatic heterocycles. The van der Waals surface area contributed by atoms with Crippen molar-refractivity contribution in [3.63, 3.8) is 0 Å². The molecule has 1 N–H and O–H groups in total. The highest BCUT2D eigenvalue weighted by atomic mass is 19.1. The van der Waals surface area contributed by atoms with Gasteiger partial charge in [0.2, 0.25) is 0 Å². The summed E-state index contributed by atoms with van der Waals surface area (Å²) in [4.78, 5) is 24.1. The number of esters is 1. The van der Waals surface area contributed by atoms with Crippen LogP contribution in [0.1, 0.15) is 18.1 Å². The minimum atomic E-state index is -1.37. The van der Waals surface area contributed by atoms with Crippen LogP contribution in [0.25, 0.3) is 6.08 Å². The quantitative estimate of drug-likeness (QED) is 0.494. The maximum absolute atomic E-state index is 13.6. The molecule has 5 nitrogen and oxygen atoms in total. The molecule has 0 aliphatic rings. The van der Waals surface area contributed by atoms with Crippen molar-refractivity contribution in [2.24, 2.45) is 0 Å². The topological polar surface area (TPSA) is 79.2 Å². The molecule has 0 saturated heterocycles. The van der Waals surface area contributed by atoms with Gasteiger partial charge in [-0.25, -0.2) is 13.6 Å². The van der Waals surface area contributed by atoms with Gasteiger partial charge in [0.1, 0.15) is 29.0 Å². The Morgan fingerprint density at radius 2 is 1.74 bits per heavy atom. The fourth-order valence-electron chi connectivity index (χ4n) is 2.09. The van der Waals surface area contributed by atoms with E-state index >= 15 is 0 Å². The van der Waals surface area contributed by atoms with Crippen LogP contribution in [0.3, 0.4) is 0 Å². The van der Waals surface area contributed by atoms with Gasteiger partial charge in [0.25, 0.3) is 5.91 Å². The third-order valence-electron chi connectivity index (χ3n) is 3.59. The lowest BCUT2D eigenvalue weighted by Crippen LogP contribution is -2.31. The number of hydrogen-bond acceptors (Lipinski definition) is 4. The summed E-state index contributed by atoms with van der Waals surface area (Å²) in [5.41, 5.74) is 0.676. The van der Waals surface area contributed by atoms with Crippen LogP contribution in [0.4, 0.5) is 14.5 Å². The molecule has 7 heteroatoms. The van der Waals surface area contributed by atoms with Crippen LogP contribution < -0.4 is 5.32 Å². The second-order valence-electron chi connectivity index (χ2n) is 5.71. The molecular formula is C20H16F2N2O3. The number of nitrogens with zero attached hydrogens (tertiary/aromatic N) is 1. The Hall–Kier alpha value is -3.53. The number of aryl methyl sites for hydroxylation is 1. The van der Waals surface area contributed by atoms with Crippen molar-refractivity contribution in [1.82, 2.24) is 0 Å². The van der Waals surface area contributed by atoms with Crippen LogP contribution >= 0.6 is 0 Å². The Morgan fingerprint density at radius 1 is 1.15 bits per heavy atom. The van der Waals surface area contributed by atoms with Crippen molar-refractivity contribution in [3.8, 4) is 6.07 Å². The van der Waals surface area contributed by atoms with Crippen LogP contribution in [0.15, 0.2) is 48.0 Å². The number of carbonyl (C=O) groups is 2. The summed E-state index contributed by atoms with van der Waals surface area (Å²) in [5, 5.41) is 11.2. The minimum Gasteiger partial charge on any atom is -0.448 e. The summed E-state index contributed by atoms with van der Waals surface area (Å²) in [6, 6.07) is 11.9. The van der Waals surface area contributed by atoms with Crippen molar-refractivity contribution >= 4 is 23.6 Å². The average molecular weight is 370 g/mol. The number of nitriles is 1. The molecule has 0 spiro atoms. The normalized spacial score (nSPS) is 12.0. The molecule has 0 aliphatic carbocycles. The maximum Gasteiger partial charge on any atom is 0.349 e. The van der Waals surface area contributed by atoms with E-state index in [0.717, 1.165) is 23.8 Å². The Morgan fingerprint density at radius 3 is 2.30 bits per heavy atom. The van der Waals surface area contributed by atoms with Crippen LogP contribution in [0, 0.1) is 29.9 Å². The number of benzene rings is 2. The fourth-order valence-corrected chi connectivity index (χ4v) is 2.09. The SMILES string of the molecule is Cc1ccc(/C=C(\C#N)C(=O)O[C@@H](C)C(=O)Nc2c(F)cccc2F)cc1. The molecule has 0 radical (unpaired) electrons. The Labute approximate surface area is 154 Å². The second-order valence-corrected chi connectivity index (χ2v) is 5.71. The first-order valence-electron chi connectivity index (χ1n) is 7.96. The highest BCUT2D eigenvalue weighted by Crippen LogP contribution is 2.18.